The van der Waals surface area contributed by atoms with Gasteiger partial charge in [-0.15, -0.1) is 0 Å². The van der Waals surface area contributed by atoms with Gasteiger partial charge in [-0.3, -0.25) is 19.9 Å². The zero-order chi connectivity index (χ0) is 20.8. The molecule has 0 atom stereocenters. The molecule has 0 aliphatic rings. The number of fused-ring (bicyclic) bond motifs is 1. The summed E-state index contributed by atoms with van der Waals surface area (Å²) in [6.45, 7) is 3.91. The molecule has 29 heavy (non-hydrogen) atoms. The fraction of sp³-hybridized carbons (Fsp3) is 0.381. The van der Waals surface area contributed by atoms with Gasteiger partial charge in [-0.1, -0.05) is 38.7 Å². The quantitative estimate of drug-likeness (QED) is 0.532. The van der Waals surface area contributed by atoms with E-state index in [0.717, 1.165) is 17.4 Å². The number of carboxylic acid groups (broad SMARTS) is 1. The molecule has 0 spiro atoms. The number of hydrogen-bond donors (Lipinski definition) is 2. The Hall–Kier alpha value is -3.29. The highest BCUT2D eigenvalue weighted by Crippen LogP contribution is 2.25. The summed E-state index contributed by atoms with van der Waals surface area (Å²) in [5.74, 6) is -1.19. The van der Waals surface area contributed by atoms with E-state index in [0.29, 0.717) is 17.1 Å². The van der Waals surface area contributed by atoms with E-state index in [-0.39, 0.29) is 22.5 Å². The summed E-state index contributed by atoms with van der Waals surface area (Å²) in [7, 11) is 0. The van der Waals surface area contributed by atoms with Crippen molar-refractivity contribution in [3.05, 3.63) is 51.8 Å². The summed E-state index contributed by atoms with van der Waals surface area (Å²) in [4.78, 5) is 37.2. The molecule has 0 fully saturated rings. The molecule has 0 unspecified atom stereocenters. The predicted molar refractivity (Wildman–Crippen MR) is 111 cm³/mol. The van der Waals surface area contributed by atoms with E-state index in [2.05, 4.69) is 27.0 Å². The Bertz CT molecular complexity index is 1100. The van der Waals surface area contributed by atoms with Crippen molar-refractivity contribution in [2.24, 2.45) is 0 Å². The molecular formula is C21H25N5O3. The van der Waals surface area contributed by atoms with Crippen LogP contribution in [0.4, 0.5) is 0 Å². The molecule has 0 radical (unpaired) electrons. The highest BCUT2D eigenvalue weighted by atomic mass is 16.4. The van der Waals surface area contributed by atoms with Gasteiger partial charge in [-0.25, -0.2) is 14.3 Å². The van der Waals surface area contributed by atoms with Crippen LogP contribution in [0.5, 0.6) is 0 Å². The number of rotatable bonds is 9. The zero-order valence-electron chi connectivity index (χ0n) is 16.7. The van der Waals surface area contributed by atoms with Gasteiger partial charge in [-0.05, 0) is 25.8 Å². The fourth-order valence-electron chi connectivity index (χ4n) is 3.24. The minimum absolute atomic E-state index is 0.0626. The number of nitrogens with one attached hydrogen (secondary N) is 1. The minimum atomic E-state index is -1.19. The average molecular weight is 395 g/mol. The van der Waals surface area contributed by atoms with Gasteiger partial charge in [0.2, 0.25) is 0 Å². The summed E-state index contributed by atoms with van der Waals surface area (Å²) < 4.78 is 1.13. The molecule has 152 valence electrons. The Kier molecular flexibility index (Phi) is 6.54. The SMILES string of the molecule is CCCCCCCC=Cc1cc(=O)n2[nH]c(-c3nccnc3C)c(C(=O)O)c2n1. The summed E-state index contributed by atoms with van der Waals surface area (Å²) in [6.07, 6.45) is 13.6. The van der Waals surface area contributed by atoms with Gasteiger partial charge in [0, 0.05) is 18.5 Å². The number of H-pyrrole nitrogens is 1. The lowest BCUT2D eigenvalue weighted by atomic mass is 10.1. The molecule has 3 heterocycles. The lowest BCUT2D eigenvalue weighted by molar-refractivity contribution is 0.0699. The Morgan fingerprint density at radius 1 is 1.21 bits per heavy atom. The smallest absolute Gasteiger partial charge is 0.341 e. The van der Waals surface area contributed by atoms with Crippen LogP contribution in [-0.4, -0.2) is 35.6 Å². The molecule has 0 bridgehead atoms. The molecule has 0 saturated carbocycles. The van der Waals surface area contributed by atoms with Crippen LogP contribution in [0.3, 0.4) is 0 Å². The topological polar surface area (TPSA) is 113 Å². The number of carbonyl (C=O) groups is 1. The molecule has 3 rings (SSSR count). The Labute approximate surface area is 168 Å². The van der Waals surface area contributed by atoms with Crippen LogP contribution in [0.1, 0.15) is 67.2 Å². The fourth-order valence-corrected chi connectivity index (χ4v) is 3.24. The second kappa shape index (κ2) is 9.27. The Morgan fingerprint density at radius 2 is 1.97 bits per heavy atom. The van der Waals surface area contributed by atoms with Gasteiger partial charge < -0.3 is 5.11 Å². The number of aromatic amines is 1. The number of aromatic carboxylic acids is 1. The molecule has 0 aliphatic heterocycles. The number of aryl methyl sites for hydroxylation is 1. The monoisotopic (exact) mass is 395 g/mol. The van der Waals surface area contributed by atoms with Crippen LogP contribution in [0.15, 0.2) is 29.3 Å². The van der Waals surface area contributed by atoms with Gasteiger partial charge in [0.15, 0.2) is 5.65 Å². The van der Waals surface area contributed by atoms with E-state index in [1.54, 1.807) is 13.0 Å². The zero-order valence-corrected chi connectivity index (χ0v) is 16.7. The van der Waals surface area contributed by atoms with E-state index in [9.17, 15) is 14.7 Å². The van der Waals surface area contributed by atoms with E-state index in [1.807, 2.05) is 6.08 Å². The lowest BCUT2D eigenvalue weighted by Gasteiger charge is -2.01. The first-order chi connectivity index (χ1) is 14.0. The van der Waals surface area contributed by atoms with E-state index in [1.165, 1.54) is 44.1 Å². The average Bonchev–Trinajstić information content (AvgIpc) is 3.08. The summed E-state index contributed by atoms with van der Waals surface area (Å²) in [5.41, 5.74) is 1.16. The molecule has 0 amide bonds. The van der Waals surface area contributed by atoms with Crippen molar-refractivity contribution in [3.8, 4) is 11.4 Å². The van der Waals surface area contributed by atoms with Crippen LogP contribution in [0.25, 0.3) is 23.1 Å². The summed E-state index contributed by atoms with van der Waals surface area (Å²) >= 11 is 0. The number of unbranched alkanes of at least 4 members (excludes halogenated alkanes) is 5. The number of allylic oxidation sites excluding steroid dienone is 1. The molecule has 3 aromatic heterocycles. The van der Waals surface area contributed by atoms with Crippen molar-refractivity contribution in [1.29, 1.82) is 0 Å². The molecule has 3 aromatic rings. The maximum Gasteiger partial charge on any atom is 0.341 e. The van der Waals surface area contributed by atoms with Crippen molar-refractivity contribution in [2.75, 3.05) is 0 Å². The van der Waals surface area contributed by atoms with Gasteiger partial charge in [0.25, 0.3) is 5.56 Å². The first kappa shape index (κ1) is 20.4. The standard InChI is InChI=1S/C21H25N5O3/c1-3-4-5-6-7-8-9-10-15-13-16(27)26-20(24-15)17(21(28)29)19(25-26)18-14(2)22-11-12-23-18/h9-13,25H,3-8H2,1-2H3,(H,28,29). The minimum Gasteiger partial charge on any atom is -0.477 e. The van der Waals surface area contributed by atoms with Crippen molar-refractivity contribution >= 4 is 17.7 Å². The highest BCUT2D eigenvalue weighted by Gasteiger charge is 2.24. The van der Waals surface area contributed by atoms with Crippen molar-refractivity contribution in [1.82, 2.24) is 24.6 Å². The first-order valence-electron chi connectivity index (χ1n) is 9.86. The van der Waals surface area contributed by atoms with Crippen LogP contribution in [0, 0.1) is 6.92 Å². The van der Waals surface area contributed by atoms with E-state index >= 15 is 0 Å². The van der Waals surface area contributed by atoms with Crippen molar-refractivity contribution < 1.29 is 9.90 Å². The molecular weight excluding hydrogens is 370 g/mol. The van der Waals surface area contributed by atoms with Crippen LogP contribution in [0.2, 0.25) is 0 Å². The third-order valence-corrected chi connectivity index (χ3v) is 4.73. The van der Waals surface area contributed by atoms with Crippen molar-refractivity contribution in [2.45, 2.75) is 52.4 Å². The van der Waals surface area contributed by atoms with Crippen LogP contribution in [-0.2, 0) is 0 Å². The van der Waals surface area contributed by atoms with Crippen LogP contribution < -0.4 is 5.56 Å². The molecule has 0 aliphatic carbocycles. The normalized spacial score (nSPS) is 11.5. The lowest BCUT2D eigenvalue weighted by Crippen LogP contribution is -2.15. The maximum absolute atomic E-state index is 12.5. The number of nitrogens with zero attached hydrogens (tertiary/aromatic N) is 4. The van der Waals surface area contributed by atoms with E-state index < -0.39 is 5.97 Å². The molecule has 0 saturated heterocycles. The van der Waals surface area contributed by atoms with Gasteiger partial charge in [-0.2, -0.15) is 0 Å². The number of carboxylic acids is 1. The van der Waals surface area contributed by atoms with Crippen molar-refractivity contribution in [3.63, 3.8) is 0 Å². The van der Waals surface area contributed by atoms with Crippen LogP contribution >= 0.6 is 0 Å². The number of hydrogen-bond acceptors (Lipinski definition) is 5. The first-order valence-corrected chi connectivity index (χ1v) is 9.86. The van der Waals surface area contributed by atoms with Gasteiger partial charge in [0.05, 0.1) is 11.4 Å². The third-order valence-electron chi connectivity index (χ3n) is 4.73. The number of aromatic nitrogens is 5. The Morgan fingerprint density at radius 3 is 2.69 bits per heavy atom. The van der Waals surface area contributed by atoms with Gasteiger partial charge in [0.1, 0.15) is 17.0 Å². The van der Waals surface area contributed by atoms with E-state index in [4.69, 9.17) is 0 Å². The third kappa shape index (κ3) is 4.59. The summed E-state index contributed by atoms with van der Waals surface area (Å²) in [6, 6.07) is 1.38. The molecule has 0 aromatic carbocycles. The Balaban J connectivity index is 1.95. The molecule has 8 nitrogen and oxygen atoms in total. The van der Waals surface area contributed by atoms with Gasteiger partial charge >= 0.3 is 5.97 Å². The molecule has 8 heteroatoms. The maximum atomic E-state index is 12.5. The highest BCUT2D eigenvalue weighted by molar-refractivity contribution is 6.01. The largest absolute Gasteiger partial charge is 0.477 e. The second-order valence-corrected chi connectivity index (χ2v) is 6.94. The predicted octanol–water partition coefficient (Wildman–Crippen LogP) is 3.86. The second-order valence-electron chi connectivity index (χ2n) is 6.94. The summed E-state index contributed by atoms with van der Waals surface area (Å²) in [5, 5.41) is 12.6. The molecule has 2 N–H and O–H groups in total.